The lowest BCUT2D eigenvalue weighted by molar-refractivity contribution is 0.0943. The largest absolute Gasteiger partial charge is 0.350 e. The Kier molecular flexibility index (Phi) is 3.58. The van der Waals surface area contributed by atoms with Gasteiger partial charge in [0, 0.05) is 18.1 Å². The van der Waals surface area contributed by atoms with Gasteiger partial charge in [0.05, 0.1) is 4.88 Å². The first kappa shape index (κ1) is 13.3. The molecule has 6 heteroatoms. The highest BCUT2D eigenvalue weighted by molar-refractivity contribution is 7.15. The molecular weight excluding hydrogens is 290 g/mol. The minimum absolute atomic E-state index is 0.0416. The maximum absolute atomic E-state index is 12.2. The normalized spacial score (nSPS) is 11.3. The molecule has 20 heavy (non-hydrogen) atoms. The van der Waals surface area contributed by atoms with Crippen molar-refractivity contribution in [3.8, 4) is 10.6 Å². The minimum atomic E-state index is -0.0416. The minimum Gasteiger partial charge on any atom is -0.350 e. The lowest BCUT2D eigenvalue weighted by atomic mass is 10.2. The second-order valence-corrected chi connectivity index (χ2v) is 6.77. The number of aromatic nitrogens is 2. The fraction of sp³-hybridized carbons (Fsp3) is 0.286. The Labute approximate surface area is 125 Å². The molecular formula is C14H15N3OS2. The van der Waals surface area contributed by atoms with E-state index >= 15 is 0 Å². The molecule has 0 atom stereocenters. The van der Waals surface area contributed by atoms with Crippen LogP contribution in [-0.2, 0) is 0 Å². The van der Waals surface area contributed by atoms with Crippen molar-refractivity contribution in [3.05, 3.63) is 34.8 Å². The fourth-order valence-corrected chi connectivity index (χ4v) is 3.41. The van der Waals surface area contributed by atoms with Crippen LogP contribution < -0.4 is 5.32 Å². The summed E-state index contributed by atoms with van der Waals surface area (Å²) in [6, 6.07) is 4.04. The number of imidazole rings is 1. The average Bonchev–Trinajstić information content (AvgIpc) is 3.09. The molecule has 0 aliphatic rings. The number of rotatable bonds is 4. The second kappa shape index (κ2) is 5.38. The third kappa shape index (κ3) is 2.48. The fourth-order valence-electron chi connectivity index (χ4n) is 1.88. The van der Waals surface area contributed by atoms with Gasteiger partial charge in [-0.05, 0) is 17.4 Å². The maximum Gasteiger partial charge on any atom is 0.269 e. The van der Waals surface area contributed by atoms with Gasteiger partial charge >= 0.3 is 0 Å². The Morgan fingerprint density at radius 1 is 1.45 bits per heavy atom. The van der Waals surface area contributed by atoms with Gasteiger partial charge < -0.3 is 5.32 Å². The number of nitrogens with zero attached hydrogens (tertiary/aromatic N) is 2. The number of hydrogen-bond donors (Lipinski definition) is 1. The maximum atomic E-state index is 12.2. The highest BCUT2D eigenvalue weighted by Gasteiger charge is 2.15. The smallest absolute Gasteiger partial charge is 0.269 e. The van der Waals surface area contributed by atoms with Crippen molar-refractivity contribution < 1.29 is 4.79 Å². The Balaban J connectivity index is 1.91. The van der Waals surface area contributed by atoms with Gasteiger partial charge in [0.25, 0.3) is 5.91 Å². The van der Waals surface area contributed by atoms with Crippen LogP contribution in [0.15, 0.2) is 29.1 Å². The molecule has 0 aliphatic carbocycles. The zero-order valence-corrected chi connectivity index (χ0v) is 12.9. The summed E-state index contributed by atoms with van der Waals surface area (Å²) >= 11 is 3.14. The number of hydrogen-bond acceptors (Lipinski definition) is 4. The van der Waals surface area contributed by atoms with Crippen LogP contribution in [0.25, 0.3) is 15.5 Å². The second-order valence-electron chi connectivity index (χ2n) is 4.98. The molecule has 0 unspecified atom stereocenters. The molecule has 0 aromatic carbocycles. The topological polar surface area (TPSA) is 46.4 Å². The summed E-state index contributed by atoms with van der Waals surface area (Å²) in [7, 11) is 0. The number of nitrogens with one attached hydrogen (secondary N) is 1. The van der Waals surface area contributed by atoms with Crippen LogP contribution in [0.5, 0.6) is 0 Å². The molecule has 0 radical (unpaired) electrons. The molecule has 3 aromatic rings. The van der Waals surface area contributed by atoms with Crippen molar-refractivity contribution >= 4 is 33.5 Å². The van der Waals surface area contributed by atoms with E-state index in [9.17, 15) is 4.79 Å². The van der Waals surface area contributed by atoms with E-state index in [-0.39, 0.29) is 5.91 Å². The van der Waals surface area contributed by atoms with Crippen LogP contribution in [0.3, 0.4) is 0 Å². The first-order chi connectivity index (χ1) is 9.65. The van der Waals surface area contributed by atoms with Crippen LogP contribution in [-0.4, -0.2) is 21.8 Å². The highest BCUT2D eigenvalue weighted by Crippen LogP contribution is 2.26. The number of amides is 1. The van der Waals surface area contributed by atoms with E-state index in [0.717, 1.165) is 15.5 Å². The number of carbonyl (C=O) groups excluding carboxylic acids is 1. The third-order valence-corrected chi connectivity index (χ3v) is 4.62. The molecule has 3 aromatic heterocycles. The van der Waals surface area contributed by atoms with Gasteiger partial charge in [0.1, 0.15) is 11.4 Å². The number of carbonyl (C=O) groups is 1. The Morgan fingerprint density at radius 2 is 2.30 bits per heavy atom. The van der Waals surface area contributed by atoms with Crippen LogP contribution in [0.2, 0.25) is 0 Å². The summed E-state index contributed by atoms with van der Waals surface area (Å²) in [5.74, 6) is 0.401. The van der Waals surface area contributed by atoms with E-state index in [1.54, 1.807) is 11.3 Å². The predicted molar refractivity (Wildman–Crippen MR) is 83.6 cm³/mol. The van der Waals surface area contributed by atoms with Crippen LogP contribution in [0.1, 0.15) is 24.3 Å². The van der Waals surface area contributed by atoms with Gasteiger partial charge in [0.2, 0.25) is 0 Å². The van der Waals surface area contributed by atoms with Gasteiger partial charge in [-0.1, -0.05) is 19.9 Å². The van der Waals surface area contributed by atoms with Gasteiger partial charge in [0.15, 0.2) is 4.96 Å². The van der Waals surface area contributed by atoms with Crippen LogP contribution >= 0.6 is 22.7 Å². The SMILES string of the molecule is CC(C)CNC(=O)c1csc2nc(-c3cccs3)cn12. The molecule has 4 nitrogen and oxygen atoms in total. The quantitative estimate of drug-likeness (QED) is 0.802. The summed E-state index contributed by atoms with van der Waals surface area (Å²) in [4.78, 5) is 18.7. The molecule has 0 fully saturated rings. The van der Waals surface area contributed by atoms with Crippen LogP contribution in [0.4, 0.5) is 0 Å². The molecule has 3 rings (SSSR count). The monoisotopic (exact) mass is 305 g/mol. The van der Waals surface area contributed by atoms with E-state index in [4.69, 9.17) is 0 Å². The molecule has 3 heterocycles. The third-order valence-electron chi connectivity index (χ3n) is 2.89. The van der Waals surface area contributed by atoms with E-state index in [2.05, 4.69) is 24.1 Å². The van der Waals surface area contributed by atoms with E-state index in [0.29, 0.717) is 18.2 Å². The summed E-state index contributed by atoms with van der Waals surface area (Å²) in [5.41, 5.74) is 1.57. The van der Waals surface area contributed by atoms with E-state index in [1.165, 1.54) is 11.3 Å². The number of fused-ring (bicyclic) bond motifs is 1. The van der Waals surface area contributed by atoms with Crippen molar-refractivity contribution in [3.63, 3.8) is 0 Å². The highest BCUT2D eigenvalue weighted by atomic mass is 32.1. The van der Waals surface area contributed by atoms with Crippen molar-refractivity contribution in [2.45, 2.75) is 13.8 Å². The zero-order valence-electron chi connectivity index (χ0n) is 11.3. The molecule has 1 N–H and O–H groups in total. The van der Waals surface area contributed by atoms with Crippen molar-refractivity contribution in [2.24, 2.45) is 5.92 Å². The van der Waals surface area contributed by atoms with Gasteiger partial charge in [-0.2, -0.15) is 0 Å². The number of thiazole rings is 1. The van der Waals surface area contributed by atoms with Gasteiger partial charge in [-0.25, -0.2) is 4.98 Å². The first-order valence-electron chi connectivity index (χ1n) is 6.44. The van der Waals surface area contributed by atoms with Crippen LogP contribution in [0, 0.1) is 5.92 Å². The molecule has 0 bridgehead atoms. The molecule has 0 saturated heterocycles. The summed E-state index contributed by atoms with van der Waals surface area (Å²) in [5, 5.41) is 6.83. The summed E-state index contributed by atoms with van der Waals surface area (Å²) < 4.78 is 1.87. The molecule has 0 aliphatic heterocycles. The molecule has 1 amide bonds. The zero-order chi connectivity index (χ0) is 14.1. The average molecular weight is 305 g/mol. The van der Waals surface area contributed by atoms with E-state index in [1.807, 2.05) is 33.5 Å². The molecule has 0 spiro atoms. The Morgan fingerprint density at radius 3 is 3.00 bits per heavy atom. The van der Waals surface area contributed by atoms with E-state index < -0.39 is 0 Å². The van der Waals surface area contributed by atoms with Gasteiger partial charge in [-0.3, -0.25) is 9.20 Å². The Hall–Kier alpha value is -1.66. The number of thiophene rings is 1. The molecule has 104 valence electrons. The molecule has 0 saturated carbocycles. The van der Waals surface area contributed by atoms with Gasteiger partial charge in [-0.15, -0.1) is 22.7 Å². The van der Waals surface area contributed by atoms with Crippen molar-refractivity contribution in [1.29, 1.82) is 0 Å². The van der Waals surface area contributed by atoms with Crippen molar-refractivity contribution in [2.75, 3.05) is 6.54 Å². The van der Waals surface area contributed by atoms with Crippen molar-refractivity contribution in [1.82, 2.24) is 14.7 Å². The summed E-state index contributed by atoms with van der Waals surface area (Å²) in [6.07, 6.45) is 1.93. The standard InChI is InChI=1S/C14H15N3OS2/c1-9(2)6-15-13(18)11-8-20-14-16-10(7-17(11)14)12-4-3-5-19-12/h3-5,7-9H,6H2,1-2H3,(H,15,18). The predicted octanol–water partition coefficient (Wildman–Crippen LogP) is 3.51. The Bertz CT molecular complexity index is 725. The lowest BCUT2D eigenvalue weighted by Crippen LogP contribution is -2.28. The lowest BCUT2D eigenvalue weighted by Gasteiger charge is -2.06. The summed E-state index contributed by atoms with van der Waals surface area (Å²) in [6.45, 7) is 4.84. The first-order valence-corrected chi connectivity index (χ1v) is 8.19.